The van der Waals surface area contributed by atoms with Crippen molar-refractivity contribution < 1.29 is 13.6 Å². The number of rotatable bonds is 2. The molecule has 0 radical (unpaired) electrons. The molecular weight excluding hydrogens is 314 g/mol. The van der Waals surface area contributed by atoms with Gasteiger partial charge in [-0.3, -0.25) is 4.79 Å². The third-order valence-electron chi connectivity index (χ3n) is 3.88. The van der Waals surface area contributed by atoms with Gasteiger partial charge in [0.25, 0.3) is 5.91 Å². The lowest BCUT2D eigenvalue weighted by Crippen LogP contribution is -2.49. The Morgan fingerprint density at radius 2 is 1.79 bits per heavy atom. The van der Waals surface area contributed by atoms with Gasteiger partial charge in [0.1, 0.15) is 23.5 Å². The van der Waals surface area contributed by atoms with Crippen LogP contribution in [0.15, 0.2) is 36.5 Å². The summed E-state index contributed by atoms with van der Waals surface area (Å²) in [5.41, 5.74) is 0.473. The first-order chi connectivity index (χ1) is 11.6. The summed E-state index contributed by atoms with van der Waals surface area (Å²) in [6, 6.07) is 8.28. The third-order valence-corrected chi connectivity index (χ3v) is 3.88. The normalized spacial score (nSPS) is 14.4. The summed E-state index contributed by atoms with van der Waals surface area (Å²) >= 11 is 0. The Bertz CT molecular complexity index is 790. The average Bonchev–Trinajstić information content (AvgIpc) is 2.60. The first kappa shape index (κ1) is 15.9. The summed E-state index contributed by atoms with van der Waals surface area (Å²) in [6.45, 7) is 1.77. The number of benzene rings is 1. The molecule has 1 aromatic carbocycles. The standard InChI is InChI=1S/C17H14F2N4O/c18-14-8-13(9-15(19)10-14)17(24)23-6-4-22(5-7-23)16-12(11-20)2-1-3-21-16/h1-3,8-10H,4-7H2. The molecule has 7 heteroatoms. The van der Waals surface area contributed by atoms with Gasteiger partial charge in [0.2, 0.25) is 0 Å². The molecule has 0 unspecified atom stereocenters. The van der Waals surface area contributed by atoms with Crippen molar-refractivity contribution in [3.63, 3.8) is 0 Å². The molecule has 0 aliphatic carbocycles. The van der Waals surface area contributed by atoms with Crippen LogP contribution in [0.25, 0.3) is 0 Å². The number of anilines is 1. The Morgan fingerprint density at radius 1 is 1.12 bits per heavy atom. The topological polar surface area (TPSA) is 60.2 Å². The van der Waals surface area contributed by atoms with E-state index in [-0.39, 0.29) is 5.56 Å². The van der Waals surface area contributed by atoms with Crippen LogP contribution in [0, 0.1) is 23.0 Å². The van der Waals surface area contributed by atoms with Crippen molar-refractivity contribution in [2.45, 2.75) is 0 Å². The Morgan fingerprint density at radius 3 is 2.42 bits per heavy atom. The summed E-state index contributed by atoms with van der Waals surface area (Å²) in [5, 5.41) is 9.14. The van der Waals surface area contributed by atoms with Gasteiger partial charge in [-0.1, -0.05) is 0 Å². The molecule has 3 rings (SSSR count). The third kappa shape index (κ3) is 3.18. The molecule has 0 N–H and O–H groups in total. The lowest BCUT2D eigenvalue weighted by atomic mass is 10.1. The van der Waals surface area contributed by atoms with Crippen LogP contribution in [-0.2, 0) is 0 Å². The smallest absolute Gasteiger partial charge is 0.254 e. The number of nitrogens with zero attached hydrogens (tertiary/aromatic N) is 4. The van der Waals surface area contributed by atoms with Crippen LogP contribution in [0.3, 0.4) is 0 Å². The molecule has 1 amide bonds. The summed E-state index contributed by atoms with van der Waals surface area (Å²) in [7, 11) is 0. The van der Waals surface area contributed by atoms with Crippen molar-refractivity contribution in [2.24, 2.45) is 0 Å². The minimum atomic E-state index is -0.774. The van der Waals surface area contributed by atoms with Gasteiger partial charge in [-0.15, -0.1) is 0 Å². The van der Waals surface area contributed by atoms with Crippen LogP contribution in [0.5, 0.6) is 0 Å². The van der Waals surface area contributed by atoms with Crippen LogP contribution < -0.4 is 4.90 Å². The average molecular weight is 328 g/mol. The molecule has 2 aromatic rings. The molecule has 1 aliphatic heterocycles. The number of carbonyl (C=O) groups is 1. The highest BCUT2D eigenvalue weighted by atomic mass is 19.1. The second-order valence-corrected chi connectivity index (χ2v) is 5.42. The van der Waals surface area contributed by atoms with E-state index in [0.29, 0.717) is 37.6 Å². The number of pyridine rings is 1. The number of amides is 1. The Hall–Kier alpha value is -3.01. The lowest BCUT2D eigenvalue weighted by molar-refractivity contribution is 0.0745. The molecule has 1 saturated heterocycles. The van der Waals surface area contributed by atoms with E-state index in [9.17, 15) is 13.6 Å². The van der Waals surface area contributed by atoms with Crippen molar-refractivity contribution >= 4 is 11.7 Å². The molecule has 122 valence electrons. The highest BCUT2D eigenvalue weighted by Crippen LogP contribution is 2.19. The zero-order valence-electron chi connectivity index (χ0n) is 12.7. The molecule has 2 heterocycles. The predicted octanol–water partition coefficient (Wildman–Crippen LogP) is 2.19. The number of hydrogen-bond acceptors (Lipinski definition) is 4. The van der Waals surface area contributed by atoms with Gasteiger partial charge in [-0.25, -0.2) is 13.8 Å². The van der Waals surface area contributed by atoms with Crippen molar-refractivity contribution in [3.05, 3.63) is 59.3 Å². The van der Waals surface area contributed by atoms with Gasteiger partial charge in [-0.05, 0) is 24.3 Å². The maximum Gasteiger partial charge on any atom is 0.254 e. The van der Waals surface area contributed by atoms with Crippen molar-refractivity contribution in [1.29, 1.82) is 5.26 Å². The highest BCUT2D eigenvalue weighted by molar-refractivity contribution is 5.94. The molecule has 1 aliphatic rings. The zero-order valence-corrected chi connectivity index (χ0v) is 12.7. The molecule has 0 atom stereocenters. The monoisotopic (exact) mass is 328 g/mol. The number of nitriles is 1. The quantitative estimate of drug-likeness (QED) is 0.848. The van der Waals surface area contributed by atoms with Crippen LogP contribution in [-0.4, -0.2) is 42.0 Å². The summed E-state index contributed by atoms with van der Waals surface area (Å²) in [4.78, 5) is 20.1. The van der Waals surface area contributed by atoms with Gasteiger partial charge >= 0.3 is 0 Å². The molecule has 0 bridgehead atoms. The minimum absolute atomic E-state index is 0.00324. The van der Waals surface area contributed by atoms with Crippen LogP contribution in [0.2, 0.25) is 0 Å². The van der Waals surface area contributed by atoms with Gasteiger partial charge in [0, 0.05) is 44.0 Å². The summed E-state index contributed by atoms with van der Waals surface area (Å²) in [6.07, 6.45) is 1.61. The van der Waals surface area contributed by atoms with E-state index in [1.165, 1.54) is 0 Å². The fourth-order valence-corrected chi connectivity index (χ4v) is 2.72. The molecule has 1 fully saturated rings. The van der Waals surface area contributed by atoms with Gasteiger partial charge < -0.3 is 9.80 Å². The highest BCUT2D eigenvalue weighted by Gasteiger charge is 2.24. The number of hydrogen-bond donors (Lipinski definition) is 0. The van der Waals surface area contributed by atoms with Crippen LogP contribution >= 0.6 is 0 Å². The van der Waals surface area contributed by atoms with E-state index in [1.807, 2.05) is 4.90 Å². The maximum absolute atomic E-state index is 13.3. The number of aromatic nitrogens is 1. The van der Waals surface area contributed by atoms with E-state index < -0.39 is 17.5 Å². The fourth-order valence-electron chi connectivity index (χ4n) is 2.72. The van der Waals surface area contributed by atoms with Crippen molar-refractivity contribution in [1.82, 2.24) is 9.88 Å². The largest absolute Gasteiger partial charge is 0.352 e. The number of halogens is 2. The Balaban J connectivity index is 1.71. The van der Waals surface area contributed by atoms with E-state index >= 15 is 0 Å². The molecule has 0 saturated carbocycles. The summed E-state index contributed by atoms with van der Waals surface area (Å²) < 4.78 is 26.5. The first-order valence-corrected chi connectivity index (χ1v) is 7.44. The van der Waals surface area contributed by atoms with Gasteiger partial charge in [-0.2, -0.15) is 5.26 Å². The van der Waals surface area contributed by atoms with Crippen LogP contribution in [0.1, 0.15) is 15.9 Å². The number of piperazine rings is 1. The fraction of sp³-hybridized carbons (Fsp3) is 0.235. The molecule has 24 heavy (non-hydrogen) atoms. The van der Waals surface area contributed by atoms with Crippen molar-refractivity contribution in [3.8, 4) is 6.07 Å². The molecule has 5 nitrogen and oxygen atoms in total. The molecule has 0 spiro atoms. The molecule has 1 aromatic heterocycles. The minimum Gasteiger partial charge on any atom is -0.352 e. The van der Waals surface area contributed by atoms with Crippen LogP contribution in [0.4, 0.5) is 14.6 Å². The lowest BCUT2D eigenvalue weighted by Gasteiger charge is -2.35. The second-order valence-electron chi connectivity index (χ2n) is 5.42. The second kappa shape index (κ2) is 6.62. The van der Waals surface area contributed by atoms with Crippen molar-refractivity contribution in [2.75, 3.05) is 31.1 Å². The van der Waals surface area contributed by atoms with E-state index in [0.717, 1.165) is 18.2 Å². The molecular formula is C17H14F2N4O. The van der Waals surface area contributed by atoms with E-state index in [4.69, 9.17) is 5.26 Å². The van der Waals surface area contributed by atoms with E-state index in [1.54, 1.807) is 23.2 Å². The number of carbonyl (C=O) groups excluding carboxylic acids is 1. The first-order valence-electron chi connectivity index (χ1n) is 7.44. The van der Waals surface area contributed by atoms with E-state index in [2.05, 4.69) is 11.1 Å². The van der Waals surface area contributed by atoms with Gasteiger partial charge in [0.05, 0.1) is 5.56 Å². The zero-order chi connectivity index (χ0) is 17.1. The predicted molar refractivity (Wildman–Crippen MR) is 83.4 cm³/mol. The Labute approximate surface area is 137 Å². The SMILES string of the molecule is N#Cc1cccnc1N1CCN(C(=O)c2cc(F)cc(F)c2)CC1. The van der Waals surface area contributed by atoms with Gasteiger partial charge in [0.15, 0.2) is 0 Å². The maximum atomic E-state index is 13.3. The summed E-state index contributed by atoms with van der Waals surface area (Å²) in [5.74, 6) is -1.37. The Kier molecular flexibility index (Phi) is 4.38.